The van der Waals surface area contributed by atoms with E-state index in [-0.39, 0.29) is 23.8 Å². The van der Waals surface area contributed by atoms with Crippen molar-refractivity contribution >= 4 is 17.5 Å². The Labute approximate surface area is 135 Å². The third kappa shape index (κ3) is 3.10. The first-order valence-corrected chi connectivity index (χ1v) is 8.04. The molecule has 0 aliphatic heterocycles. The van der Waals surface area contributed by atoms with Crippen LogP contribution < -0.4 is 0 Å². The Bertz CT molecular complexity index is 735. The van der Waals surface area contributed by atoms with E-state index in [9.17, 15) is 18.0 Å². The molecule has 1 aliphatic rings. The van der Waals surface area contributed by atoms with Crippen LogP contribution >= 0.6 is 11.5 Å². The second kappa shape index (κ2) is 5.96. The van der Waals surface area contributed by atoms with Crippen molar-refractivity contribution in [3.63, 3.8) is 0 Å². The van der Waals surface area contributed by atoms with Crippen LogP contribution in [0.2, 0.25) is 0 Å². The van der Waals surface area contributed by atoms with Crippen LogP contribution in [0.15, 0.2) is 24.3 Å². The van der Waals surface area contributed by atoms with Crippen molar-refractivity contribution in [1.29, 1.82) is 0 Å². The number of carbonyl (C=O) groups is 1. The highest BCUT2D eigenvalue weighted by atomic mass is 32.1. The summed E-state index contributed by atoms with van der Waals surface area (Å²) >= 11 is 0.915. The average Bonchev–Trinajstić information content (AvgIpc) is 3.25. The molecule has 0 spiro atoms. The van der Waals surface area contributed by atoms with Crippen LogP contribution in [0.25, 0.3) is 11.3 Å². The second-order valence-electron chi connectivity index (χ2n) is 5.31. The number of alkyl halides is 3. The lowest BCUT2D eigenvalue weighted by Gasteiger charge is -2.12. The molecular formula is C16H14F3NO2S. The van der Waals surface area contributed by atoms with Gasteiger partial charge < -0.3 is 4.74 Å². The van der Waals surface area contributed by atoms with E-state index in [1.54, 1.807) is 13.0 Å². The normalized spacial score (nSPS) is 14.8. The first-order chi connectivity index (χ1) is 10.9. The quantitative estimate of drug-likeness (QED) is 0.744. The highest BCUT2D eigenvalue weighted by Crippen LogP contribution is 2.49. The minimum atomic E-state index is -4.47. The summed E-state index contributed by atoms with van der Waals surface area (Å²) in [7, 11) is 0. The predicted octanol–water partition coefficient (Wildman–Crippen LogP) is 4.88. The molecule has 1 aliphatic carbocycles. The van der Waals surface area contributed by atoms with E-state index in [1.807, 2.05) is 0 Å². The molecule has 0 bridgehead atoms. The maximum Gasteiger partial charge on any atom is 0.417 e. The van der Waals surface area contributed by atoms with E-state index >= 15 is 0 Å². The van der Waals surface area contributed by atoms with Crippen LogP contribution in [-0.4, -0.2) is 16.9 Å². The molecule has 23 heavy (non-hydrogen) atoms. The molecule has 1 aromatic heterocycles. The average molecular weight is 341 g/mol. The van der Waals surface area contributed by atoms with Gasteiger partial charge in [0.1, 0.15) is 4.88 Å². The number of hydrogen-bond acceptors (Lipinski definition) is 4. The van der Waals surface area contributed by atoms with Gasteiger partial charge in [-0.3, -0.25) is 0 Å². The van der Waals surface area contributed by atoms with Gasteiger partial charge in [0.05, 0.1) is 17.9 Å². The van der Waals surface area contributed by atoms with Gasteiger partial charge in [0, 0.05) is 11.1 Å². The van der Waals surface area contributed by atoms with E-state index in [2.05, 4.69) is 4.37 Å². The van der Waals surface area contributed by atoms with Gasteiger partial charge in [0.15, 0.2) is 0 Å². The van der Waals surface area contributed by atoms with Gasteiger partial charge in [-0.25, -0.2) is 4.79 Å². The lowest BCUT2D eigenvalue weighted by molar-refractivity contribution is -0.137. The van der Waals surface area contributed by atoms with Gasteiger partial charge >= 0.3 is 12.1 Å². The lowest BCUT2D eigenvalue weighted by Crippen LogP contribution is -2.08. The third-order valence-electron chi connectivity index (χ3n) is 3.66. The number of halogens is 3. The number of esters is 1. The molecular weight excluding hydrogens is 327 g/mol. The Morgan fingerprint density at radius 2 is 2.04 bits per heavy atom. The van der Waals surface area contributed by atoms with Gasteiger partial charge in [0.2, 0.25) is 0 Å². The number of hydrogen-bond donors (Lipinski definition) is 0. The molecule has 0 unspecified atom stereocenters. The van der Waals surface area contributed by atoms with Gasteiger partial charge in [-0.15, -0.1) is 0 Å². The summed E-state index contributed by atoms with van der Waals surface area (Å²) < 4.78 is 48.9. The summed E-state index contributed by atoms with van der Waals surface area (Å²) in [6.45, 7) is 1.91. The van der Waals surface area contributed by atoms with Crippen molar-refractivity contribution in [1.82, 2.24) is 4.37 Å². The van der Waals surface area contributed by atoms with Crippen LogP contribution in [0, 0.1) is 0 Å². The molecule has 1 fully saturated rings. The molecule has 122 valence electrons. The second-order valence-corrected chi connectivity index (χ2v) is 6.09. The van der Waals surface area contributed by atoms with Crippen molar-refractivity contribution in [2.75, 3.05) is 6.61 Å². The van der Waals surface area contributed by atoms with Crippen molar-refractivity contribution in [3.05, 3.63) is 40.3 Å². The van der Waals surface area contributed by atoms with E-state index < -0.39 is 17.7 Å². The summed E-state index contributed by atoms with van der Waals surface area (Å²) in [5.74, 6) is -0.424. The molecule has 0 atom stereocenters. The van der Waals surface area contributed by atoms with Crippen LogP contribution in [0.5, 0.6) is 0 Å². The molecule has 2 aromatic rings. The SMILES string of the molecule is CCOC(=O)c1snc(-c2ccccc2C(F)(F)F)c1C1CC1. The van der Waals surface area contributed by atoms with Crippen molar-refractivity contribution in [3.8, 4) is 11.3 Å². The molecule has 0 saturated heterocycles. The maximum absolute atomic E-state index is 13.3. The summed E-state index contributed by atoms with van der Waals surface area (Å²) in [6.07, 6.45) is -2.76. The fourth-order valence-corrected chi connectivity index (χ4v) is 3.40. The zero-order chi connectivity index (χ0) is 16.6. The van der Waals surface area contributed by atoms with E-state index in [0.29, 0.717) is 10.4 Å². The standard InChI is InChI=1S/C16H14F3NO2S/c1-2-22-15(21)14-12(9-7-8-9)13(20-23-14)10-5-3-4-6-11(10)16(17,18)19/h3-6,9H,2,7-8H2,1H3. The molecule has 7 heteroatoms. The Hall–Kier alpha value is -1.89. The van der Waals surface area contributed by atoms with Crippen LogP contribution in [0.1, 0.15) is 46.5 Å². The third-order valence-corrected chi connectivity index (χ3v) is 4.50. The molecule has 1 aromatic carbocycles. The minimum absolute atomic E-state index is 0.0219. The summed E-state index contributed by atoms with van der Waals surface area (Å²) in [5.41, 5.74) is 0.148. The fraction of sp³-hybridized carbons (Fsp3) is 0.375. The maximum atomic E-state index is 13.3. The zero-order valence-electron chi connectivity index (χ0n) is 12.3. The molecule has 0 amide bonds. The summed E-state index contributed by atoms with van der Waals surface area (Å²) in [4.78, 5) is 12.4. The number of carbonyl (C=O) groups excluding carboxylic acids is 1. The molecule has 0 radical (unpaired) electrons. The molecule has 0 N–H and O–H groups in total. The van der Waals surface area contributed by atoms with E-state index in [4.69, 9.17) is 4.74 Å². The Balaban J connectivity index is 2.13. The number of rotatable bonds is 4. The minimum Gasteiger partial charge on any atom is -0.462 e. The van der Waals surface area contributed by atoms with E-state index in [0.717, 1.165) is 30.4 Å². The highest BCUT2D eigenvalue weighted by molar-refractivity contribution is 7.08. The molecule has 1 heterocycles. The fourth-order valence-electron chi connectivity index (χ4n) is 2.52. The number of ether oxygens (including phenoxy) is 1. The largest absolute Gasteiger partial charge is 0.462 e. The Morgan fingerprint density at radius 3 is 2.65 bits per heavy atom. The van der Waals surface area contributed by atoms with Gasteiger partial charge in [-0.05, 0) is 43.3 Å². The first kappa shape index (κ1) is 16.0. The van der Waals surface area contributed by atoms with Crippen molar-refractivity contribution < 1.29 is 22.7 Å². The monoisotopic (exact) mass is 341 g/mol. The smallest absolute Gasteiger partial charge is 0.417 e. The summed E-state index contributed by atoms with van der Waals surface area (Å²) in [6, 6.07) is 5.33. The van der Waals surface area contributed by atoms with E-state index in [1.165, 1.54) is 12.1 Å². The van der Waals surface area contributed by atoms with Gasteiger partial charge in [0.25, 0.3) is 0 Å². The van der Waals surface area contributed by atoms with Crippen molar-refractivity contribution in [2.24, 2.45) is 0 Å². The van der Waals surface area contributed by atoms with Crippen LogP contribution in [-0.2, 0) is 10.9 Å². The molecule has 1 saturated carbocycles. The lowest BCUT2D eigenvalue weighted by atomic mass is 9.98. The highest BCUT2D eigenvalue weighted by Gasteiger charge is 2.38. The Kier molecular flexibility index (Phi) is 4.14. The van der Waals surface area contributed by atoms with Crippen LogP contribution in [0.3, 0.4) is 0 Å². The Morgan fingerprint density at radius 1 is 1.35 bits per heavy atom. The van der Waals surface area contributed by atoms with Crippen molar-refractivity contribution in [2.45, 2.75) is 31.9 Å². The van der Waals surface area contributed by atoms with Crippen LogP contribution in [0.4, 0.5) is 13.2 Å². The topological polar surface area (TPSA) is 39.2 Å². The number of aromatic nitrogens is 1. The number of nitrogens with zero attached hydrogens (tertiary/aromatic N) is 1. The predicted molar refractivity (Wildman–Crippen MR) is 80.5 cm³/mol. The zero-order valence-corrected chi connectivity index (χ0v) is 13.1. The molecule has 3 nitrogen and oxygen atoms in total. The van der Waals surface area contributed by atoms with Gasteiger partial charge in [-0.2, -0.15) is 17.5 Å². The summed E-state index contributed by atoms with van der Waals surface area (Å²) in [5, 5.41) is 0. The molecule has 3 rings (SSSR count). The first-order valence-electron chi connectivity index (χ1n) is 7.26. The number of benzene rings is 1. The van der Waals surface area contributed by atoms with Gasteiger partial charge in [-0.1, -0.05) is 18.2 Å².